The number of hydrogen-bond donors (Lipinski definition) is 3. The fourth-order valence-electron chi connectivity index (χ4n) is 3.85. The molecule has 2 aromatic heterocycles. The monoisotopic (exact) mass is 342 g/mol. The van der Waals surface area contributed by atoms with Gasteiger partial charge in [0.2, 0.25) is 5.95 Å². The van der Waals surface area contributed by atoms with E-state index in [4.69, 9.17) is 10.2 Å². The van der Waals surface area contributed by atoms with Crippen LogP contribution in [0.3, 0.4) is 0 Å². The zero-order valence-electron chi connectivity index (χ0n) is 14.5. The molecular formula is C18H26N6O. The first-order valence-electron chi connectivity index (χ1n) is 9.18. The molecule has 0 aliphatic carbocycles. The highest BCUT2D eigenvalue weighted by molar-refractivity contribution is 5.50. The predicted octanol–water partition coefficient (Wildman–Crippen LogP) is 1.59. The number of hydrogen-bond acceptors (Lipinski definition) is 7. The molecule has 0 amide bonds. The highest BCUT2D eigenvalue weighted by Crippen LogP contribution is 2.27. The van der Waals surface area contributed by atoms with Crippen LogP contribution in [0.5, 0.6) is 0 Å². The molecule has 4 rings (SSSR count). The molecule has 7 nitrogen and oxygen atoms in total. The summed E-state index contributed by atoms with van der Waals surface area (Å²) in [5, 5.41) is 6.96. The fraction of sp³-hybridized carbons (Fsp3) is 0.556. The first-order chi connectivity index (χ1) is 12.3. The van der Waals surface area contributed by atoms with E-state index in [2.05, 4.69) is 31.6 Å². The van der Waals surface area contributed by atoms with Crippen LogP contribution in [-0.4, -0.2) is 47.6 Å². The van der Waals surface area contributed by atoms with E-state index >= 15 is 0 Å². The number of furan rings is 1. The Bertz CT molecular complexity index is 696. The van der Waals surface area contributed by atoms with Crippen molar-refractivity contribution in [2.24, 2.45) is 0 Å². The smallest absolute Gasteiger partial charge is 0.222 e. The summed E-state index contributed by atoms with van der Waals surface area (Å²) in [6.45, 7) is 4.86. The largest absolute Gasteiger partial charge is 0.468 e. The number of fused-ring (bicyclic) bond motifs is 1. The third-order valence-corrected chi connectivity index (χ3v) is 5.12. The summed E-state index contributed by atoms with van der Waals surface area (Å²) in [7, 11) is 0. The number of nitrogens with two attached hydrogens (primary N) is 1. The van der Waals surface area contributed by atoms with E-state index in [9.17, 15) is 0 Å². The van der Waals surface area contributed by atoms with Crippen molar-refractivity contribution in [2.75, 3.05) is 43.8 Å². The highest BCUT2D eigenvalue weighted by atomic mass is 16.3. The zero-order chi connectivity index (χ0) is 17.1. The van der Waals surface area contributed by atoms with E-state index in [1.165, 1.54) is 18.4 Å². The second-order valence-corrected chi connectivity index (χ2v) is 6.76. The molecule has 0 aromatic carbocycles. The molecule has 2 aliphatic heterocycles. The molecule has 0 radical (unpaired) electrons. The maximum absolute atomic E-state index is 5.95. The lowest BCUT2D eigenvalue weighted by Crippen LogP contribution is -2.31. The van der Waals surface area contributed by atoms with E-state index in [-0.39, 0.29) is 6.04 Å². The van der Waals surface area contributed by atoms with Crippen LogP contribution in [0.1, 0.15) is 35.9 Å². The molecule has 25 heavy (non-hydrogen) atoms. The number of rotatable bonds is 5. The molecule has 4 N–H and O–H groups in total. The second kappa shape index (κ2) is 7.41. The van der Waals surface area contributed by atoms with Crippen molar-refractivity contribution >= 4 is 11.8 Å². The fourth-order valence-corrected chi connectivity index (χ4v) is 3.85. The average Bonchev–Trinajstić information content (AvgIpc) is 3.27. The molecular weight excluding hydrogens is 316 g/mol. The van der Waals surface area contributed by atoms with Gasteiger partial charge in [-0.1, -0.05) is 0 Å². The van der Waals surface area contributed by atoms with Crippen LogP contribution in [0.15, 0.2) is 22.8 Å². The van der Waals surface area contributed by atoms with Gasteiger partial charge in [0.1, 0.15) is 11.6 Å². The van der Waals surface area contributed by atoms with Crippen molar-refractivity contribution in [3.63, 3.8) is 0 Å². The predicted molar refractivity (Wildman–Crippen MR) is 97.5 cm³/mol. The summed E-state index contributed by atoms with van der Waals surface area (Å²) in [4.78, 5) is 11.4. The van der Waals surface area contributed by atoms with Gasteiger partial charge in [0.15, 0.2) is 0 Å². The van der Waals surface area contributed by atoms with Gasteiger partial charge in [-0.25, -0.2) is 4.98 Å². The van der Waals surface area contributed by atoms with Gasteiger partial charge in [-0.3, -0.25) is 4.90 Å². The van der Waals surface area contributed by atoms with Crippen LogP contribution in [0.4, 0.5) is 11.8 Å². The Morgan fingerprint density at radius 2 is 2.08 bits per heavy atom. The lowest BCUT2D eigenvalue weighted by Gasteiger charge is -2.26. The Hall–Kier alpha value is -2.12. The van der Waals surface area contributed by atoms with Gasteiger partial charge in [-0.15, -0.1) is 0 Å². The SMILES string of the molecule is Nc1nc2c(c(NC[C@H](c3ccco3)N3CCCC3)n1)CCNCC2. The molecule has 1 atom stereocenters. The standard InChI is InChI=1S/C18H26N6O/c19-18-22-14-6-8-20-7-5-13(14)17(23-18)21-12-15(16-4-3-11-25-16)24-9-1-2-10-24/h3-4,11,15,20H,1-2,5-10,12H2,(H3,19,21,22,23)/t15-/m1/s1. The van der Waals surface area contributed by atoms with Gasteiger partial charge in [-0.2, -0.15) is 4.98 Å². The van der Waals surface area contributed by atoms with Gasteiger partial charge in [0, 0.05) is 25.1 Å². The van der Waals surface area contributed by atoms with Gasteiger partial charge in [0.25, 0.3) is 0 Å². The van der Waals surface area contributed by atoms with Crippen molar-refractivity contribution in [2.45, 2.75) is 31.7 Å². The number of nitrogen functional groups attached to an aromatic ring is 1. The van der Waals surface area contributed by atoms with Gasteiger partial charge >= 0.3 is 0 Å². The summed E-state index contributed by atoms with van der Waals surface area (Å²) < 4.78 is 5.70. The maximum atomic E-state index is 5.95. The normalized spacial score (nSPS) is 19.4. The molecule has 0 bridgehead atoms. The Labute approximate surface area is 148 Å². The molecule has 7 heteroatoms. The van der Waals surface area contributed by atoms with Crippen LogP contribution in [0.2, 0.25) is 0 Å². The van der Waals surface area contributed by atoms with Crippen molar-refractivity contribution in [1.82, 2.24) is 20.2 Å². The lowest BCUT2D eigenvalue weighted by atomic mass is 10.1. The minimum absolute atomic E-state index is 0.216. The van der Waals surface area contributed by atoms with E-state index in [1.54, 1.807) is 6.26 Å². The highest BCUT2D eigenvalue weighted by Gasteiger charge is 2.26. The van der Waals surface area contributed by atoms with Crippen molar-refractivity contribution < 1.29 is 4.42 Å². The Morgan fingerprint density at radius 1 is 1.24 bits per heavy atom. The first kappa shape index (κ1) is 16.4. The summed E-state index contributed by atoms with van der Waals surface area (Å²) >= 11 is 0. The summed E-state index contributed by atoms with van der Waals surface area (Å²) in [6, 6.07) is 4.23. The Balaban J connectivity index is 1.55. The molecule has 134 valence electrons. The number of likely N-dealkylation sites (tertiary alicyclic amines) is 1. The molecule has 2 aliphatic rings. The molecule has 0 saturated carbocycles. The van der Waals surface area contributed by atoms with E-state index < -0.39 is 0 Å². The van der Waals surface area contributed by atoms with Crippen LogP contribution in [0.25, 0.3) is 0 Å². The molecule has 1 saturated heterocycles. The van der Waals surface area contributed by atoms with Crippen molar-refractivity contribution in [3.8, 4) is 0 Å². The Kier molecular flexibility index (Phi) is 4.85. The third kappa shape index (κ3) is 3.62. The average molecular weight is 342 g/mol. The number of aromatic nitrogens is 2. The lowest BCUT2D eigenvalue weighted by molar-refractivity contribution is 0.225. The summed E-state index contributed by atoms with van der Waals surface area (Å²) in [5.41, 5.74) is 8.20. The van der Waals surface area contributed by atoms with Crippen LogP contribution in [-0.2, 0) is 12.8 Å². The number of nitrogens with one attached hydrogen (secondary N) is 2. The van der Waals surface area contributed by atoms with E-state index in [0.717, 1.165) is 62.8 Å². The van der Waals surface area contributed by atoms with Crippen LogP contribution in [0, 0.1) is 0 Å². The van der Waals surface area contributed by atoms with Gasteiger partial charge < -0.3 is 20.8 Å². The molecule has 2 aromatic rings. The van der Waals surface area contributed by atoms with Crippen molar-refractivity contribution in [3.05, 3.63) is 35.4 Å². The summed E-state index contributed by atoms with van der Waals surface area (Å²) in [6.07, 6.45) is 6.06. The number of anilines is 2. The zero-order valence-corrected chi connectivity index (χ0v) is 14.5. The van der Waals surface area contributed by atoms with Gasteiger partial charge in [0.05, 0.1) is 18.0 Å². The molecule has 0 spiro atoms. The van der Waals surface area contributed by atoms with E-state index in [0.29, 0.717) is 5.95 Å². The number of nitrogens with zero attached hydrogens (tertiary/aromatic N) is 3. The topological polar surface area (TPSA) is 92.2 Å². The minimum atomic E-state index is 0.216. The van der Waals surface area contributed by atoms with Crippen LogP contribution >= 0.6 is 0 Å². The van der Waals surface area contributed by atoms with Gasteiger partial charge in [-0.05, 0) is 51.0 Å². The van der Waals surface area contributed by atoms with Crippen LogP contribution < -0.4 is 16.4 Å². The molecule has 0 unspecified atom stereocenters. The maximum Gasteiger partial charge on any atom is 0.222 e. The molecule has 4 heterocycles. The quantitative estimate of drug-likeness (QED) is 0.760. The Morgan fingerprint density at radius 3 is 2.88 bits per heavy atom. The first-order valence-corrected chi connectivity index (χ1v) is 9.18. The third-order valence-electron chi connectivity index (χ3n) is 5.12. The molecule has 1 fully saturated rings. The minimum Gasteiger partial charge on any atom is -0.468 e. The summed E-state index contributed by atoms with van der Waals surface area (Å²) in [5.74, 6) is 2.23. The second-order valence-electron chi connectivity index (χ2n) is 6.76. The van der Waals surface area contributed by atoms with Crippen molar-refractivity contribution in [1.29, 1.82) is 0 Å². The van der Waals surface area contributed by atoms with E-state index in [1.807, 2.05) is 6.07 Å².